The summed E-state index contributed by atoms with van der Waals surface area (Å²) in [6.45, 7) is 1.16. The maximum atomic E-state index is 10.6. The third kappa shape index (κ3) is 2.19. The van der Waals surface area contributed by atoms with Gasteiger partial charge in [-0.15, -0.1) is 0 Å². The fourth-order valence-corrected chi connectivity index (χ4v) is 3.03. The molecule has 0 bridgehead atoms. The van der Waals surface area contributed by atoms with Gasteiger partial charge in [-0.25, -0.2) is 0 Å². The Labute approximate surface area is 108 Å². The second kappa shape index (κ2) is 5.19. The zero-order chi connectivity index (χ0) is 12.4. The maximum Gasteiger partial charge on any atom is 0.167 e. The standard InChI is InChI=1S/C15H20O3/c16-14(11-5-2-1-3-6-11)12-7-4-8-13-15(12)18-10-9-17-13/h4,7-8,11,14,16H,1-3,5-6,9-10H2. The first-order chi connectivity index (χ1) is 8.86. The molecule has 1 unspecified atom stereocenters. The molecule has 1 aliphatic heterocycles. The number of aliphatic hydroxyl groups excluding tert-OH is 1. The zero-order valence-electron chi connectivity index (χ0n) is 10.6. The average molecular weight is 248 g/mol. The molecule has 0 saturated heterocycles. The van der Waals surface area contributed by atoms with E-state index in [9.17, 15) is 5.11 Å². The van der Waals surface area contributed by atoms with Gasteiger partial charge in [0.05, 0.1) is 6.10 Å². The summed E-state index contributed by atoms with van der Waals surface area (Å²) in [5.74, 6) is 1.89. The van der Waals surface area contributed by atoms with Crippen molar-refractivity contribution in [3.63, 3.8) is 0 Å². The highest BCUT2D eigenvalue weighted by Crippen LogP contribution is 2.42. The molecule has 98 valence electrons. The number of ether oxygens (including phenoxy) is 2. The molecule has 18 heavy (non-hydrogen) atoms. The van der Waals surface area contributed by atoms with Crippen molar-refractivity contribution in [1.82, 2.24) is 0 Å². The van der Waals surface area contributed by atoms with E-state index in [-0.39, 0.29) is 0 Å². The predicted octanol–water partition coefficient (Wildman–Crippen LogP) is 3.07. The molecular formula is C15H20O3. The van der Waals surface area contributed by atoms with Gasteiger partial charge < -0.3 is 14.6 Å². The van der Waals surface area contributed by atoms with E-state index in [1.807, 2.05) is 18.2 Å². The molecule has 2 aliphatic rings. The summed E-state index contributed by atoms with van der Waals surface area (Å²) in [6, 6.07) is 5.81. The Bertz CT molecular complexity index is 410. The lowest BCUT2D eigenvalue weighted by Crippen LogP contribution is -2.20. The van der Waals surface area contributed by atoms with Gasteiger partial charge in [0.25, 0.3) is 0 Å². The van der Waals surface area contributed by atoms with Crippen LogP contribution in [0.3, 0.4) is 0 Å². The van der Waals surface area contributed by atoms with Crippen LogP contribution in [0.4, 0.5) is 0 Å². The first-order valence-electron chi connectivity index (χ1n) is 6.93. The number of benzene rings is 1. The van der Waals surface area contributed by atoms with E-state index >= 15 is 0 Å². The largest absolute Gasteiger partial charge is 0.486 e. The van der Waals surface area contributed by atoms with Crippen molar-refractivity contribution in [1.29, 1.82) is 0 Å². The maximum absolute atomic E-state index is 10.6. The second-order valence-corrected chi connectivity index (χ2v) is 5.21. The molecule has 1 aliphatic carbocycles. The van der Waals surface area contributed by atoms with Crippen molar-refractivity contribution in [3.8, 4) is 11.5 Å². The third-order valence-corrected chi connectivity index (χ3v) is 4.01. The second-order valence-electron chi connectivity index (χ2n) is 5.21. The first kappa shape index (κ1) is 11.8. The molecule has 1 N–H and O–H groups in total. The number of rotatable bonds is 2. The van der Waals surface area contributed by atoms with Gasteiger partial charge in [-0.2, -0.15) is 0 Å². The quantitative estimate of drug-likeness (QED) is 0.874. The van der Waals surface area contributed by atoms with Crippen molar-refractivity contribution >= 4 is 0 Å². The van der Waals surface area contributed by atoms with Gasteiger partial charge in [-0.05, 0) is 24.8 Å². The van der Waals surface area contributed by atoms with Crippen LogP contribution in [0.5, 0.6) is 11.5 Å². The number of para-hydroxylation sites is 1. The van der Waals surface area contributed by atoms with Crippen LogP contribution in [-0.2, 0) is 0 Å². The Kier molecular flexibility index (Phi) is 3.41. The van der Waals surface area contributed by atoms with Crippen molar-refractivity contribution < 1.29 is 14.6 Å². The molecule has 0 radical (unpaired) electrons. The van der Waals surface area contributed by atoms with Crippen LogP contribution in [0.2, 0.25) is 0 Å². The highest BCUT2D eigenvalue weighted by atomic mass is 16.6. The van der Waals surface area contributed by atoms with E-state index in [1.54, 1.807) is 0 Å². The minimum Gasteiger partial charge on any atom is -0.486 e. The Hall–Kier alpha value is -1.22. The van der Waals surface area contributed by atoms with E-state index in [2.05, 4.69) is 0 Å². The monoisotopic (exact) mass is 248 g/mol. The minimum absolute atomic E-state index is 0.371. The SMILES string of the molecule is OC(c1cccc2c1OCCO2)C1CCCCC1. The predicted molar refractivity (Wildman–Crippen MR) is 69.0 cm³/mol. The number of aliphatic hydroxyl groups is 1. The number of fused-ring (bicyclic) bond motifs is 1. The molecule has 3 heteroatoms. The summed E-state index contributed by atoms with van der Waals surface area (Å²) in [4.78, 5) is 0. The molecule has 0 spiro atoms. The number of hydrogen-bond acceptors (Lipinski definition) is 3. The van der Waals surface area contributed by atoms with Gasteiger partial charge in [-0.3, -0.25) is 0 Å². The summed E-state index contributed by atoms with van der Waals surface area (Å²) in [6.07, 6.45) is 5.58. The van der Waals surface area contributed by atoms with Crippen molar-refractivity contribution in [2.75, 3.05) is 13.2 Å². The van der Waals surface area contributed by atoms with E-state index in [1.165, 1.54) is 19.3 Å². The smallest absolute Gasteiger partial charge is 0.167 e. The van der Waals surface area contributed by atoms with Gasteiger partial charge >= 0.3 is 0 Å². The lowest BCUT2D eigenvalue weighted by molar-refractivity contribution is 0.0778. The van der Waals surface area contributed by atoms with Crippen LogP contribution in [-0.4, -0.2) is 18.3 Å². The van der Waals surface area contributed by atoms with Crippen LogP contribution in [0.25, 0.3) is 0 Å². The lowest BCUT2D eigenvalue weighted by Gasteiger charge is -2.29. The highest BCUT2D eigenvalue weighted by Gasteiger charge is 2.27. The normalized spacial score (nSPS) is 21.6. The molecule has 1 fully saturated rings. The van der Waals surface area contributed by atoms with E-state index < -0.39 is 6.10 Å². The van der Waals surface area contributed by atoms with Gasteiger partial charge in [0.2, 0.25) is 0 Å². The van der Waals surface area contributed by atoms with Crippen molar-refractivity contribution in [2.45, 2.75) is 38.2 Å². The lowest BCUT2D eigenvalue weighted by atomic mass is 9.82. The molecule has 1 heterocycles. The van der Waals surface area contributed by atoms with Gasteiger partial charge in [0.1, 0.15) is 13.2 Å². The third-order valence-electron chi connectivity index (χ3n) is 4.01. The topological polar surface area (TPSA) is 38.7 Å². The van der Waals surface area contributed by atoms with Crippen molar-refractivity contribution in [2.24, 2.45) is 5.92 Å². The Morgan fingerprint density at radius 1 is 1.06 bits per heavy atom. The molecule has 3 rings (SSSR count). The summed E-state index contributed by atoms with van der Waals surface area (Å²) in [5, 5.41) is 10.6. The van der Waals surface area contributed by atoms with Gasteiger partial charge in [0.15, 0.2) is 11.5 Å². The molecule has 1 aromatic rings. The van der Waals surface area contributed by atoms with Crippen LogP contribution >= 0.6 is 0 Å². The van der Waals surface area contributed by atoms with Crippen LogP contribution in [0.1, 0.15) is 43.8 Å². The molecule has 0 amide bonds. The summed E-state index contributed by atoms with van der Waals surface area (Å²) in [5.41, 5.74) is 0.902. The summed E-state index contributed by atoms with van der Waals surface area (Å²) >= 11 is 0. The Balaban J connectivity index is 1.86. The average Bonchev–Trinajstić information content (AvgIpc) is 2.47. The fraction of sp³-hybridized carbons (Fsp3) is 0.600. The Morgan fingerprint density at radius 2 is 1.83 bits per heavy atom. The molecule has 1 atom stereocenters. The number of hydrogen-bond donors (Lipinski definition) is 1. The summed E-state index contributed by atoms with van der Waals surface area (Å²) in [7, 11) is 0. The van der Waals surface area contributed by atoms with E-state index in [4.69, 9.17) is 9.47 Å². The Morgan fingerprint density at radius 3 is 2.67 bits per heavy atom. The van der Waals surface area contributed by atoms with Gasteiger partial charge in [-0.1, -0.05) is 31.4 Å². The summed E-state index contributed by atoms with van der Waals surface area (Å²) < 4.78 is 11.2. The molecular weight excluding hydrogens is 228 g/mol. The molecule has 3 nitrogen and oxygen atoms in total. The first-order valence-corrected chi connectivity index (χ1v) is 6.93. The fourth-order valence-electron chi connectivity index (χ4n) is 3.03. The van der Waals surface area contributed by atoms with Crippen molar-refractivity contribution in [3.05, 3.63) is 23.8 Å². The molecule has 1 aromatic carbocycles. The van der Waals surface area contributed by atoms with Gasteiger partial charge in [0, 0.05) is 5.56 Å². The van der Waals surface area contributed by atoms with E-state index in [0.29, 0.717) is 19.1 Å². The minimum atomic E-state index is -0.415. The van der Waals surface area contributed by atoms with Crippen LogP contribution in [0.15, 0.2) is 18.2 Å². The van der Waals surface area contributed by atoms with Crippen LogP contribution in [0, 0.1) is 5.92 Å². The highest BCUT2D eigenvalue weighted by molar-refractivity contribution is 5.48. The zero-order valence-corrected chi connectivity index (χ0v) is 10.6. The van der Waals surface area contributed by atoms with Crippen LogP contribution < -0.4 is 9.47 Å². The molecule has 1 saturated carbocycles. The van der Waals surface area contributed by atoms with E-state index in [0.717, 1.165) is 29.9 Å². The molecule has 0 aromatic heterocycles.